The van der Waals surface area contributed by atoms with E-state index >= 15 is 0 Å². The molecule has 152 valence electrons. The van der Waals surface area contributed by atoms with Crippen LogP contribution in [0.2, 0.25) is 0 Å². The zero-order chi connectivity index (χ0) is 19.6. The highest BCUT2D eigenvalue weighted by molar-refractivity contribution is 6.01. The molecule has 0 aromatic heterocycles. The van der Waals surface area contributed by atoms with E-state index in [2.05, 4.69) is 36.4 Å². The first kappa shape index (κ1) is 18.6. The number of nitrogens with zero attached hydrogens (tertiary/aromatic N) is 2. The molecule has 2 saturated heterocycles. The Bertz CT molecular complexity index is 875. The van der Waals surface area contributed by atoms with Crippen molar-refractivity contribution in [2.24, 2.45) is 0 Å². The monoisotopic (exact) mass is 394 g/mol. The van der Waals surface area contributed by atoms with Crippen LogP contribution in [0.25, 0.3) is 0 Å². The molecule has 3 heterocycles. The van der Waals surface area contributed by atoms with Gasteiger partial charge in [-0.2, -0.15) is 0 Å². The van der Waals surface area contributed by atoms with Gasteiger partial charge in [0.05, 0.1) is 37.8 Å². The van der Waals surface area contributed by atoms with Gasteiger partial charge in [-0.3, -0.25) is 4.90 Å². The molecular formula is C23H28N3O3+. The second-order valence-corrected chi connectivity index (χ2v) is 7.93. The van der Waals surface area contributed by atoms with E-state index in [4.69, 9.17) is 9.47 Å². The summed E-state index contributed by atoms with van der Waals surface area (Å²) in [6, 6.07) is 17.2. The Morgan fingerprint density at radius 1 is 0.862 bits per heavy atom. The molecule has 2 aromatic rings. The van der Waals surface area contributed by atoms with E-state index in [9.17, 15) is 4.79 Å². The highest BCUT2D eigenvalue weighted by atomic mass is 16.5. The Morgan fingerprint density at radius 2 is 1.52 bits per heavy atom. The molecule has 3 aliphatic heterocycles. The number of anilines is 2. The van der Waals surface area contributed by atoms with Gasteiger partial charge in [0.25, 0.3) is 0 Å². The minimum absolute atomic E-state index is 0.0471. The summed E-state index contributed by atoms with van der Waals surface area (Å²) < 4.78 is 11.1. The van der Waals surface area contributed by atoms with Crippen LogP contribution in [0.4, 0.5) is 16.2 Å². The van der Waals surface area contributed by atoms with Gasteiger partial charge in [-0.25, -0.2) is 4.79 Å². The van der Waals surface area contributed by atoms with E-state index < -0.39 is 0 Å². The van der Waals surface area contributed by atoms with Gasteiger partial charge in [0, 0.05) is 25.1 Å². The molecule has 2 aromatic carbocycles. The summed E-state index contributed by atoms with van der Waals surface area (Å²) in [4.78, 5) is 19.1. The van der Waals surface area contributed by atoms with E-state index in [1.807, 2.05) is 21.9 Å². The topological polar surface area (TPSA) is 46.5 Å². The number of ether oxygens (including phenoxy) is 2. The largest absolute Gasteiger partial charge is 0.378 e. The number of urea groups is 1. The number of hydrogen-bond donors (Lipinski definition) is 1. The maximum Gasteiger partial charge on any atom is 0.329 e. The number of carbonyl (C=O) groups is 1. The van der Waals surface area contributed by atoms with Crippen LogP contribution in [-0.4, -0.2) is 63.5 Å². The number of amides is 2. The Hall–Kier alpha value is -2.41. The van der Waals surface area contributed by atoms with Crippen molar-refractivity contribution in [2.45, 2.75) is 12.5 Å². The molecule has 29 heavy (non-hydrogen) atoms. The number of para-hydroxylation sites is 2. The van der Waals surface area contributed by atoms with E-state index in [1.54, 1.807) is 4.90 Å². The summed E-state index contributed by atoms with van der Waals surface area (Å²) in [6.07, 6.45) is 0.926. The average molecular weight is 394 g/mol. The minimum atomic E-state index is 0.0471. The summed E-state index contributed by atoms with van der Waals surface area (Å²) in [7, 11) is 0. The molecule has 0 aliphatic carbocycles. The van der Waals surface area contributed by atoms with Crippen molar-refractivity contribution in [3.8, 4) is 0 Å². The number of nitrogens with one attached hydrogen (secondary N) is 1. The van der Waals surface area contributed by atoms with E-state index in [0.717, 1.165) is 44.1 Å². The molecule has 0 radical (unpaired) electrons. The lowest BCUT2D eigenvalue weighted by Crippen LogP contribution is -3.14. The summed E-state index contributed by atoms with van der Waals surface area (Å²) in [6.45, 7) is 6.07. The van der Waals surface area contributed by atoms with E-state index in [1.165, 1.54) is 11.1 Å². The molecule has 0 saturated carbocycles. The van der Waals surface area contributed by atoms with Gasteiger partial charge in [0.1, 0.15) is 19.1 Å². The van der Waals surface area contributed by atoms with Gasteiger partial charge in [-0.1, -0.05) is 36.4 Å². The lowest BCUT2D eigenvalue weighted by molar-refractivity contribution is -0.938. The molecule has 1 N–H and O–H groups in total. The number of carbonyl (C=O) groups excluding carboxylic acids is 1. The van der Waals surface area contributed by atoms with Crippen molar-refractivity contribution in [1.29, 1.82) is 0 Å². The third-order valence-corrected chi connectivity index (χ3v) is 6.31. The first-order valence-electron chi connectivity index (χ1n) is 10.6. The van der Waals surface area contributed by atoms with Gasteiger partial charge in [-0.15, -0.1) is 0 Å². The van der Waals surface area contributed by atoms with Crippen LogP contribution in [-0.2, 0) is 15.9 Å². The average Bonchev–Trinajstić information content (AvgIpc) is 2.94. The molecule has 0 bridgehead atoms. The summed E-state index contributed by atoms with van der Waals surface area (Å²) in [5.41, 5.74) is 4.50. The number of fused-ring (bicyclic) bond motifs is 2. The summed E-state index contributed by atoms with van der Waals surface area (Å²) >= 11 is 0. The second kappa shape index (κ2) is 8.14. The van der Waals surface area contributed by atoms with Crippen molar-refractivity contribution in [3.05, 3.63) is 59.7 Å². The molecule has 6 nitrogen and oxygen atoms in total. The highest BCUT2D eigenvalue weighted by Gasteiger charge is 2.37. The van der Waals surface area contributed by atoms with Crippen LogP contribution in [0.5, 0.6) is 0 Å². The van der Waals surface area contributed by atoms with Crippen molar-refractivity contribution in [3.63, 3.8) is 0 Å². The third-order valence-electron chi connectivity index (χ3n) is 6.31. The lowest BCUT2D eigenvalue weighted by Gasteiger charge is -2.34. The van der Waals surface area contributed by atoms with Gasteiger partial charge < -0.3 is 19.3 Å². The zero-order valence-electron chi connectivity index (χ0n) is 16.7. The molecular weight excluding hydrogens is 366 g/mol. The number of morpholine rings is 2. The fourth-order valence-electron chi connectivity index (χ4n) is 4.80. The number of hydrogen-bond acceptors (Lipinski definition) is 3. The van der Waals surface area contributed by atoms with Crippen LogP contribution in [0.3, 0.4) is 0 Å². The van der Waals surface area contributed by atoms with Crippen LogP contribution >= 0.6 is 0 Å². The van der Waals surface area contributed by atoms with Crippen molar-refractivity contribution in [1.82, 2.24) is 4.90 Å². The predicted octanol–water partition coefficient (Wildman–Crippen LogP) is 1.79. The molecule has 0 unspecified atom stereocenters. The Morgan fingerprint density at radius 3 is 2.31 bits per heavy atom. The SMILES string of the molecule is O=C(N1CCOCC1)N1c2ccccc2C[C@@H]([NH+]2CCOCC2)c2ccccc21. The van der Waals surface area contributed by atoms with Gasteiger partial charge >= 0.3 is 6.03 Å². The van der Waals surface area contributed by atoms with Crippen molar-refractivity contribution < 1.29 is 19.2 Å². The zero-order valence-corrected chi connectivity index (χ0v) is 16.7. The van der Waals surface area contributed by atoms with Gasteiger partial charge in [-0.05, 0) is 17.7 Å². The predicted molar refractivity (Wildman–Crippen MR) is 111 cm³/mol. The molecule has 1 atom stereocenters. The number of benzene rings is 2. The van der Waals surface area contributed by atoms with Gasteiger partial charge in [0.15, 0.2) is 0 Å². The smallest absolute Gasteiger partial charge is 0.329 e. The minimum Gasteiger partial charge on any atom is -0.378 e. The molecule has 5 rings (SSSR count). The first-order valence-corrected chi connectivity index (χ1v) is 10.6. The summed E-state index contributed by atoms with van der Waals surface area (Å²) in [5, 5.41) is 0. The molecule has 2 amide bonds. The Kier molecular flexibility index (Phi) is 5.23. The Balaban J connectivity index is 1.61. The molecule has 0 spiro atoms. The molecule has 6 heteroatoms. The van der Waals surface area contributed by atoms with Crippen molar-refractivity contribution in [2.75, 3.05) is 57.5 Å². The van der Waals surface area contributed by atoms with Gasteiger partial charge in [0.2, 0.25) is 0 Å². The Labute approximate surface area is 171 Å². The second-order valence-electron chi connectivity index (χ2n) is 7.93. The number of quaternary nitrogens is 1. The van der Waals surface area contributed by atoms with Crippen molar-refractivity contribution >= 4 is 17.4 Å². The standard InChI is InChI=1S/C23H27N3O3/c27-23(25-11-15-29-16-12-25)26-20-7-3-1-5-18(20)17-22(24-9-13-28-14-10-24)19-6-2-4-8-21(19)26/h1-8,22H,9-17H2/p+1/t22-/m1/s1. The highest BCUT2D eigenvalue weighted by Crippen LogP contribution is 2.39. The molecule has 3 aliphatic rings. The lowest BCUT2D eigenvalue weighted by atomic mass is 9.97. The maximum atomic E-state index is 13.7. The number of rotatable bonds is 1. The molecule has 2 fully saturated rings. The fraction of sp³-hybridized carbons (Fsp3) is 0.435. The fourth-order valence-corrected chi connectivity index (χ4v) is 4.80. The maximum absolute atomic E-state index is 13.7. The van der Waals surface area contributed by atoms with Crippen LogP contribution < -0.4 is 9.80 Å². The van der Waals surface area contributed by atoms with Crippen LogP contribution in [0.15, 0.2) is 48.5 Å². The first-order chi connectivity index (χ1) is 14.3. The normalized spacial score (nSPS) is 22.6. The van der Waals surface area contributed by atoms with Crippen LogP contribution in [0, 0.1) is 0 Å². The third kappa shape index (κ3) is 3.52. The summed E-state index contributed by atoms with van der Waals surface area (Å²) in [5.74, 6) is 0. The quantitative estimate of drug-likeness (QED) is 0.802. The van der Waals surface area contributed by atoms with Crippen LogP contribution in [0.1, 0.15) is 17.2 Å². The van der Waals surface area contributed by atoms with E-state index in [0.29, 0.717) is 32.3 Å². The van der Waals surface area contributed by atoms with E-state index in [-0.39, 0.29) is 6.03 Å².